The highest BCUT2D eigenvalue weighted by Crippen LogP contribution is 2.35. The van der Waals surface area contributed by atoms with Gasteiger partial charge >= 0.3 is 0 Å². The Balaban J connectivity index is 1.49. The summed E-state index contributed by atoms with van der Waals surface area (Å²) in [7, 11) is 0. The molecule has 3 heterocycles. The molecule has 0 radical (unpaired) electrons. The van der Waals surface area contributed by atoms with Crippen molar-refractivity contribution < 1.29 is 9.59 Å². The number of nitrogens with zero attached hydrogens (tertiary/aromatic N) is 2. The lowest BCUT2D eigenvalue weighted by Gasteiger charge is -2.25. The number of aromatic nitrogens is 2. The van der Waals surface area contributed by atoms with Gasteiger partial charge in [-0.15, -0.1) is 0 Å². The average Bonchev–Trinajstić information content (AvgIpc) is 3.18. The minimum atomic E-state index is -0.916. The van der Waals surface area contributed by atoms with Gasteiger partial charge in [-0.25, -0.2) is 0 Å². The van der Waals surface area contributed by atoms with Crippen molar-refractivity contribution in [3.63, 3.8) is 0 Å². The van der Waals surface area contributed by atoms with E-state index < -0.39 is 17.4 Å². The number of amides is 2. The van der Waals surface area contributed by atoms with Crippen LogP contribution >= 0.6 is 0 Å². The van der Waals surface area contributed by atoms with Gasteiger partial charge in [0.25, 0.3) is 5.56 Å². The summed E-state index contributed by atoms with van der Waals surface area (Å²) in [6, 6.07) is 15.2. The predicted molar refractivity (Wildman–Crippen MR) is 118 cm³/mol. The third-order valence-corrected chi connectivity index (χ3v) is 5.72. The van der Waals surface area contributed by atoms with Crippen LogP contribution in [0.15, 0.2) is 53.3 Å². The van der Waals surface area contributed by atoms with Gasteiger partial charge in [0.15, 0.2) is 0 Å². The number of carbonyl (C=O) groups is 2. The fourth-order valence-corrected chi connectivity index (χ4v) is 4.14. The molecule has 2 aliphatic rings. The quantitative estimate of drug-likeness (QED) is 0.610. The van der Waals surface area contributed by atoms with E-state index in [9.17, 15) is 14.4 Å². The number of rotatable bonds is 3. The normalized spacial score (nSPS) is 17.0. The van der Waals surface area contributed by atoms with E-state index in [1.54, 1.807) is 12.1 Å². The fourth-order valence-electron chi connectivity index (χ4n) is 4.14. The van der Waals surface area contributed by atoms with Crippen molar-refractivity contribution in [3.05, 3.63) is 75.6 Å². The molecule has 8 nitrogen and oxygen atoms in total. The van der Waals surface area contributed by atoms with Gasteiger partial charge in [0, 0.05) is 24.3 Å². The zero-order valence-electron chi connectivity index (χ0n) is 16.9. The fraction of sp³-hybridized carbons (Fsp3) is 0.217. The van der Waals surface area contributed by atoms with Gasteiger partial charge in [-0.05, 0) is 37.1 Å². The SMILES string of the molecule is Cc1ccc(NC(=O)C2CC(=O)Nc3nc(N4CCc5ccccc54)[nH]c(=O)c32)cc1. The largest absolute Gasteiger partial charge is 0.326 e. The molecule has 0 bridgehead atoms. The third-order valence-electron chi connectivity index (χ3n) is 5.72. The van der Waals surface area contributed by atoms with Gasteiger partial charge in [-0.1, -0.05) is 35.9 Å². The number of carbonyl (C=O) groups excluding carboxylic acids is 2. The molecule has 1 unspecified atom stereocenters. The van der Waals surface area contributed by atoms with E-state index in [-0.39, 0.29) is 23.7 Å². The lowest BCUT2D eigenvalue weighted by atomic mass is 9.92. The molecule has 8 heteroatoms. The molecule has 0 spiro atoms. The Morgan fingerprint density at radius 2 is 1.90 bits per heavy atom. The molecule has 0 saturated carbocycles. The number of aromatic amines is 1. The number of hydrogen-bond acceptors (Lipinski definition) is 5. The van der Waals surface area contributed by atoms with Crippen molar-refractivity contribution in [2.45, 2.75) is 25.7 Å². The summed E-state index contributed by atoms with van der Waals surface area (Å²) in [6.07, 6.45) is 0.728. The molecule has 0 fully saturated rings. The van der Waals surface area contributed by atoms with Crippen molar-refractivity contribution >= 4 is 35.0 Å². The molecule has 1 aromatic heterocycles. The smallest absolute Gasteiger partial charge is 0.258 e. The maximum atomic E-state index is 13.0. The highest BCUT2D eigenvalue weighted by atomic mass is 16.2. The molecule has 5 rings (SSSR count). The zero-order valence-corrected chi connectivity index (χ0v) is 16.9. The van der Waals surface area contributed by atoms with E-state index in [4.69, 9.17) is 0 Å². The number of H-pyrrole nitrogens is 1. The van der Waals surface area contributed by atoms with E-state index in [1.807, 2.05) is 48.2 Å². The molecule has 3 aromatic rings. The van der Waals surface area contributed by atoms with Crippen LogP contribution in [0.2, 0.25) is 0 Å². The van der Waals surface area contributed by atoms with E-state index in [0.29, 0.717) is 18.2 Å². The van der Waals surface area contributed by atoms with Gasteiger partial charge in [-0.2, -0.15) is 4.98 Å². The van der Waals surface area contributed by atoms with Crippen LogP contribution in [0.5, 0.6) is 0 Å². The molecule has 156 valence electrons. The van der Waals surface area contributed by atoms with Crippen LogP contribution in [0.25, 0.3) is 0 Å². The van der Waals surface area contributed by atoms with Crippen LogP contribution in [0.1, 0.15) is 29.0 Å². The average molecular weight is 415 g/mol. The molecular weight excluding hydrogens is 394 g/mol. The first-order valence-corrected chi connectivity index (χ1v) is 10.2. The van der Waals surface area contributed by atoms with Crippen LogP contribution in [-0.4, -0.2) is 28.3 Å². The van der Waals surface area contributed by atoms with Crippen LogP contribution < -0.4 is 21.1 Å². The summed E-state index contributed by atoms with van der Waals surface area (Å²) in [5.74, 6) is -1.17. The summed E-state index contributed by atoms with van der Waals surface area (Å²) in [5.41, 5.74) is 3.58. The van der Waals surface area contributed by atoms with E-state index >= 15 is 0 Å². The Hall–Kier alpha value is -3.94. The molecule has 31 heavy (non-hydrogen) atoms. The molecule has 3 N–H and O–H groups in total. The Morgan fingerprint density at radius 1 is 1.13 bits per heavy atom. The molecule has 0 aliphatic carbocycles. The summed E-state index contributed by atoms with van der Waals surface area (Å²) in [6.45, 7) is 2.63. The topological polar surface area (TPSA) is 107 Å². The van der Waals surface area contributed by atoms with Crippen molar-refractivity contribution in [2.24, 2.45) is 0 Å². The molecule has 2 aromatic carbocycles. The first kappa shape index (κ1) is 19.0. The third kappa shape index (κ3) is 3.46. The van der Waals surface area contributed by atoms with Crippen molar-refractivity contribution in [3.8, 4) is 0 Å². The van der Waals surface area contributed by atoms with Crippen LogP contribution in [0.3, 0.4) is 0 Å². The summed E-state index contributed by atoms with van der Waals surface area (Å²) in [5, 5.41) is 5.47. The van der Waals surface area contributed by atoms with Gasteiger partial charge < -0.3 is 15.5 Å². The number of fused-ring (bicyclic) bond motifs is 2. The van der Waals surface area contributed by atoms with Crippen molar-refractivity contribution in [1.29, 1.82) is 0 Å². The number of benzene rings is 2. The van der Waals surface area contributed by atoms with Crippen molar-refractivity contribution in [1.82, 2.24) is 9.97 Å². The van der Waals surface area contributed by atoms with Gasteiger partial charge in [0.05, 0.1) is 11.5 Å². The number of para-hydroxylation sites is 1. The Morgan fingerprint density at radius 3 is 2.71 bits per heavy atom. The lowest BCUT2D eigenvalue weighted by molar-refractivity contribution is -0.123. The Bertz CT molecular complexity index is 1250. The monoisotopic (exact) mass is 415 g/mol. The van der Waals surface area contributed by atoms with Gasteiger partial charge in [0.2, 0.25) is 17.8 Å². The van der Waals surface area contributed by atoms with E-state index in [2.05, 4.69) is 20.6 Å². The van der Waals surface area contributed by atoms with Crippen LogP contribution in [0, 0.1) is 6.92 Å². The van der Waals surface area contributed by atoms with E-state index in [1.165, 1.54) is 5.56 Å². The second kappa shape index (κ2) is 7.39. The van der Waals surface area contributed by atoms with E-state index in [0.717, 1.165) is 17.7 Å². The first-order chi connectivity index (χ1) is 15.0. The highest BCUT2D eigenvalue weighted by molar-refractivity contribution is 6.04. The summed E-state index contributed by atoms with van der Waals surface area (Å²) < 4.78 is 0. The number of aryl methyl sites for hydroxylation is 1. The highest BCUT2D eigenvalue weighted by Gasteiger charge is 2.35. The molecule has 1 atom stereocenters. The van der Waals surface area contributed by atoms with Gasteiger partial charge in [-0.3, -0.25) is 19.4 Å². The number of hydrogen-bond donors (Lipinski definition) is 3. The maximum Gasteiger partial charge on any atom is 0.258 e. The predicted octanol–water partition coefficient (Wildman–Crippen LogP) is 2.84. The Labute approximate surface area is 178 Å². The molecule has 2 amide bonds. The number of anilines is 4. The maximum absolute atomic E-state index is 13.0. The minimum Gasteiger partial charge on any atom is -0.326 e. The van der Waals surface area contributed by atoms with Crippen LogP contribution in [-0.2, 0) is 16.0 Å². The van der Waals surface area contributed by atoms with Crippen LogP contribution in [0.4, 0.5) is 23.1 Å². The zero-order chi connectivity index (χ0) is 21.5. The standard InChI is InChI=1S/C23H21N5O3/c1-13-6-8-15(9-7-13)24-21(30)16-12-18(29)25-20-19(16)22(31)27-23(26-20)28-11-10-14-4-2-3-5-17(14)28/h2-9,16H,10-12H2,1H3,(H,24,30)(H2,25,26,27,29,31). The molecule has 2 aliphatic heterocycles. The molecule has 0 saturated heterocycles. The Kier molecular flexibility index (Phi) is 4.54. The second-order valence-corrected chi connectivity index (χ2v) is 7.84. The summed E-state index contributed by atoms with van der Waals surface area (Å²) in [4.78, 5) is 47.5. The summed E-state index contributed by atoms with van der Waals surface area (Å²) >= 11 is 0. The lowest BCUT2D eigenvalue weighted by Crippen LogP contribution is -2.37. The first-order valence-electron chi connectivity index (χ1n) is 10.2. The number of nitrogens with one attached hydrogen (secondary N) is 3. The minimum absolute atomic E-state index is 0.110. The molecular formula is C23H21N5O3. The van der Waals surface area contributed by atoms with Gasteiger partial charge in [0.1, 0.15) is 5.82 Å². The van der Waals surface area contributed by atoms with Crippen molar-refractivity contribution in [2.75, 3.05) is 22.1 Å². The second-order valence-electron chi connectivity index (χ2n) is 7.84.